The molecule has 468 valence electrons. The van der Waals surface area contributed by atoms with Crippen LogP contribution in [0.4, 0.5) is 0 Å². The van der Waals surface area contributed by atoms with Gasteiger partial charge in [-0.15, -0.1) is 0 Å². The second kappa shape index (κ2) is 21.8. The summed E-state index contributed by atoms with van der Waals surface area (Å²) in [4.78, 5) is 26.1. The lowest BCUT2D eigenvalue weighted by molar-refractivity contribution is 0.972. The van der Waals surface area contributed by atoms with E-state index >= 15 is 0 Å². The number of nitrogens with zero attached hydrogens (tertiary/aromatic N) is 13. The number of hydrogen-bond donors (Lipinski definition) is 0. The van der Waals surface area contributed by atoms with Crippen LogP contribution in [-0.2, 0) is 0 Å². The van der Waals surface area contributed by atoms with Crippen molar-refractivity contribution in [2.75, 3.05) is 0 Å². The van der Waals surface area contributed by atoms with Gasteiger partial charge in [0.2, 0.25) is 17.7 Å². The molecule has 100 heavy (non-hydrogen) atoms. The maximum absolute atomic E-state index is 5.25. The smallest absolute Gasteiger partial charge is 0.238 e. The van der Waals surface area contributed by atoms with E-state index in [1.807, 2.05) is 48.5 Å². The first-order valence-corrected chi connectivity index (χ1v) is 33.6. The monoisotopic (exact) mass is 1280 g/mol. The summed E-state index contributed by atoms with van der Waals surface area (Å²) in [7, 11) is 0. The molecule has 22 rings (SSSR count). The summed E-state index contributed by atoms with van der Waals surface area (Å²) in [5.41, 5.74) is 27.4. The minimum atomic E-state index is 0.574. The summed E-state index contributed by atoms with van der Waals surface area (Å²) in [6.07, 6.45) is 0. The van der Waals surface area contributed by atoms with Gasteiger partial charge < -0.3 is 0 Å². The maximum Gasteiger partial charge on any atom is 0.238 e. The largest absolute Gasteiger partial charge is 0.294 e. The summed E-state index contributed by atoms with van der Waals surface area (Å²) in [5, 5.41) is 3.59. The number of benzene rings is 12. The highest BCUT2D eigenvalue weighted by atomic mass is 15.3. The van der Waals surface area contributed by atoms with Gasteiger partial charge in [-0.1, -0.05) is 212 Å². The normalized spacial score (nSPS) is 12.0. The molecule has 13 nitrogen and oxygen atoms in total. The topological polar surface area (TPSA) is 102 Å². The average molecular weight is 1280 g/mol. The van der Waals surface area contributed by atoms with E-state index in [4.69, 9.17) is 24.9 Å². The molecule has 0 aliphatic rings. The van der Waals surface area contributed by atoms with E-state index in [1.54, 1.807) is 0 Å². The van der Waals surface area contributed by atoms with Gasteiger partial charge >= 0.3 is 0 Å². The van der Waals surface area contributed by atoms with Crippen molar-refractivity contribution in [3.05, 3.63) is 334 Å². The van der Waals surface area contributed by atoms with Crippen LogP contribution in [0, 0.1) is 0 Å². The fraction of sp³-hybridized carbons (Fsp3) is 0. The van der Waals surface area contributed by atoms with E-state index < -0.39 is 0 Å². The fourth-order valence-corrected chi connectivity index (χ4v) is 15.3. The van der Waals surface area contributed by atoms with Gasteiger partial charge in [0.05, 0.1) is 94.5 Å². The number of rotatable bonds is 8. The van der Waals surface area contributed by atoms with Gasteiger partial charge in [0.15, 0.2) is 0 Å². The molecule has 0 atom stereocenters. The second-order valence-corrected chi connectivity index (χ2v) is 25.4. The second-order valence-electron chi connectivity index (χ2n) is 25.4. The third kappa shape index (κ3) is 8.45. The first-order valence-electron chi connectivity index (χ1n) is 33.6. The van der Waals surface area contributed by atoms with Crippen molar-refractivity contribution in [3.8, 4) is 68.3 Å². The zero-order chi connectivity index (χ0) is 65.5. The van der Waals surface area contributed by atoms with Crippen molar-refractivity contribution in [3.63, 3.8) is 0 Å². The SMILES string of the molecule is c1ccc(-c2cc(-c3ccccc3)nc(-n3c4ccccc4n4c5cc(-n6c7ccccc7n7c8ccccc8cc67)ccc5cc34)n2)cc1.c1ccc(-c2cc(-c3ccccc3)nc(-n3c4ccccc4n4c5cc(-n6c7ccccc7n7c8ccccc8cc67)ccc5nc34)n2)cc1. The van der Waals surface area contributed by atoms with Gasteiger partial charge in [-0.05, 0) is 121 Å². The maximum atomic E-state index is 5.25. The molecule has 10 aromatic heterocycles. The highest BCUT2D eigenvalue weighted by molar-refractivity contribution is 6.01. The molecule has 0 aliphatic carbocycles. The predicted octanol–water partition coefficient (Wildman–Crippen LogP) is 20.4. The molecule has 10 heterocycles. The lowest BCUT2D eigenvalue weighted by Crippen LogP contribution is -2.04. The highest BCUT2D eigenvalue weighted by Crippen LogP contribution is 2.39. The molecule has 0 saturated carbocycles. The van der Waals surface area contributed by atoms with Crippen LogP contribution in [0.15, 0.2) is 334 Å². The number of fused-ring (bicyclic) bond motifs is 20. The van der Waals surface area contributed by atoms with Gasteiger partial charge in [0.25, 0.3) is 0 Å². The van der Waals surface area contributed by atoms with Crippen molar-refractivity contribution < 1.29 is 0 Å². The Bertz CT molecular complexity index is 6480. The van der Waals surface area contributed by atoms with Crippen LogP contribution < -0.4 is 0 Å². The summed E-state index contributed by atoms with van der Waals surface area (Å²) >= 11 is 0. The number of aromatic nitrogens is 13. The fourth-order valence-electron chi connectivity index (χ4n) is 15.3. The Labute approximate surface area is 570 Å². The standard InChI is InChI=1S/C44H28N6.C43H27N7/c1-3-13-29(14-4-1)34-28-35(30-15-5-2-6-16-30)46-44(45-34)50-40-22-12-11-21-39(40)49-41-27-33(24-23-32(41)26-43(49)50)47-37-19-9-10-20-38(37)48-36-18-8-7-17-31(36)25-42(47)48;1-3-13-28(14-4-1)33-27-34(29-15-5-2-6-16-29)45-42(44-33)50-39-22-12-11-21-38(39)49-40-26-31(23-24-32(40)46-43(49)50)47-36-19-9-10-20-37(36)48-35-18-8-7-17-30(35)25-41(47)48/h1-28H;1-27H. The summed E-state index contributed by atoms with van der Waals surface area (Å²) in [6.45, 7) is 0. The Balaban J connectivity index is 0.000000131. The lowest BCUT2D eigenvalue weighted by Gasteiger charge is -2.10. The molecule has 22 aromatic rings. The van der Waals surface area contributed by atoms with E-state index in [1.165, 1.54) is 38.4 Å². The van der Waals surface area contributed by atoms with Crippen LogP contribution in [0.5, 0.6) is 0 Å². The predicted molar refractivity (Wildman–Crippen MR) is 405 cm³/mol. The first kappa shape index (κ1) is 55.4. The Hall–Kier alpha value is -13.9. The number of imidazole rings is 5. The third-order valence-corrected chi connectivity index (χ3v) is 19.7. The molecule has 0 spiro atoms. The molecule has 0 unspecified atom stereocenters. The third-order valence-electron chi connectivity index (χ3n) is 19.7. The molecule has 0 fully saturated rings. The lowest BCUT2D eigenvalue weighted by atomic mass is 10.1. The minimum Gasteiger partial charge on any atom is -0.294 e. The molecule has 0 aliphatic heterocycles. The molecule has 0 N–H and O–H groups in total. The van der Waals surface area contributed by atoms with Crippen LogP contribution in [0.25, 0.3) is 179 Å². The highest BCUT2D eigenvalue weighted by Gasteiger charge is 2.25. The van der Waals surface area contributed by atoms with Gasteiger partial charge in [0, 0.05) is 49.8 Å². The zero-order valence-electron chi connectivity index (χ0n) is 53.6. The van der Waals surface area contributed by atoms with E-state index in [9.17, 15) is 0 Å². The van der Waals surface area contributed by atoms with E-state index in [2.05, 4.69) is 321 Å². The Kier molecular flexibility index (Phi) is 12.1. The van der Waals surface area contributed by atoms with Crippen LogP contribution in [-0.4, -0.2) is 60.8 Å². The van der Waals surface area contributed by atoms with Crippen molar-refractivity contribution in [1.29, 1.82) is 0 Å². The van der Waals surface area contributed by atoms with Crippen LogP contribution >= 0.6 is 0 Å². The van der Waals surface area contributed by atoms with Crippen molar-refractivity contribution in [2.24, 2.45) is 0 Å². The molecule has 0 bridgehead atoms. The van der Waals surface area contributed by atoms with Crippen LogP contribution in [0.3, 0.4) is 0 Å². The Morgan fingerprint density at radius 1 is 0.190 bits per heavy atom. The molecule has 13 heteroatoms. The van der Waals surface area contributed by atoms with Crippen LogP contribution in [0.2, 0.25) is 0 Å². The first-order chi connectivity index (χ1) is 49.6. The van der Waals surface area contributed by atoms with Gasteiger partial charge in [0.1, 0.15) is 16.9 Å². The van der Waals surface area contributed by atoms with Gasteiger partial charge in [-0.25, -0.2) is 29.5 Å². The summed E-state index contributed by atoms with van der Waals surface area (Å²) in [5.74, 6) is 1.97. The molecular formula is C87H55N13. The van der Waals surface area contributed by atoms with Crippen LogP contribution in [0.1, 0.15) is 0 Å². The van der Waals surface area contributed by atoms with E-state index in [-0.39, 0.29) is 0 Å². The number of para-hydroxylation sites is 10. The van der Waals surface area contributed by atoms with Crippen molar-refractivity contribution in [1.82, 2.24) is 60.8 Å². The molecule has 0 saturated heterocycles. The quantitative estimate of drug-likeness (QED) is 0.151. The number of hydrogen-bond acceptors (Lipinski definition) is 5. The molecular weight excluding hydrogens is 1230 g/mol. The molecule has 0 radical (unpaired) electrons. The van der Waals surface area contributed by atoms with E-state index in [0.29, 0.717) is 11.9 Å². The summed E-state index contributed by atoms with van der Waals surface area (Å²) < 4.78 is 18.4. The summed E-state index contributed by atoms with van der Waals surface area (Å²) in [6, 6.07) is 117. The Morgan fingerprint density at radius 3 is 0.940 bits per heavy atom. The van der Waals surface area contributed by atoms with Crippen molar-refractivity contribution >= 4 is 111 Å². The minimum absolute atomic E-state index is 0.574. The van der Waals surface area contributed by atoms with Gasteiger partial charge in [-0.3, -0.25) is 31.3 Å². The van der Waals surface area contributed by atoms with Crippen molar-refractivity contribution in [2.45, 2.75) is 0 Å². The zero-order valence-corrected chi connectivity index (χ0v) is 53.6. The molecule has 0 amide bonds. The Morgan fingerprint density at radius 2 is 0.500 bits per heavy atom. The average Bonchev–Trinajstić information content (AvgIpc) is 1.57. The van der Waals surface area contributed by atoms with Gasteiger partial charge in [-0.2, -0.15) is 0 Å². The molecule has 12 aromatic carbocycles. The van der Waals surface area contributed by atoms with E-state index in [0.717, 1.165) is 129 Å².